The van der Waals surface area contributed by atoms with Crippen molar-refractivity contribution in [2.24, 2.45) is 10.8 Å². The van der Waals surface area contributed by atoms with Crippen LogP contribution >= 0.6 is 0 Å². The molecule has 0 aliphatic carbocycles. The van der Waals surface area contributed by atoms with E-state index in [1.807, 2.05) is 53.7 Å². The summed E-state index contributed by atoms with van der Waals surface area (Å²) in [5, 5.41) is 18.7. The zero-order valence-corrected chi connectivity index (χ0v) is 11.0. The van der Waals surface area contributed by atoms with Crippen LogP contribution in [0.1, 0.15) is 41.5 Å². The molecule has 0 saturated heterocycles. The Morgan fingerprint density at radius 1 is 0.812 bits per heavy atom. The largest absolute Gasteiger partial charge is 0.197 e. The van der Waals surface area contributed by atoms with E-state index in [9.17, 15) is 10.5 Å². The van der Waals surface area contributed by atoms with Crippen LogP contribution in [0.3, 0.4) is 0 Å². The van der Waals surface area contributed by atoms with Gasteiger partial charge in [-0.2, -0.15) is 10.5 Å². The highest BCUT2D eigenvalue weighted by atomic mass is 14.5. The van der Waals surface area contributed by atoms with Crippen LogP contribution in [0.25, 0.3) is 0 Å². The van der Waals surface area contributed by atoms with Gasteiger partial charge in [-0.1, -0.05) is 23.3 Å². The molecule has 0 aromatic rings. The van der Waals surface area contributed by atoms with E-state index in [1.54, 1.807) is 0 Å². The molecule has 0 aromatic heterocycles. The van der Waals surface area contributed by atoms with Gasteiger partial charge in [-0.15, -0.1) is 0 Å². The monoisotopic (exact) mass is 216 g/mol. The van der Waals surface area contributed by atoms with Gasteiger partial charge < -0.3 is 0 Å². The molecule has 0 aliphatic heterocycles. The SMILES string of the molecule is CC(C)=CC(C)(C#N)C(C)(C#N)C=C(C)C. The molecule has 2 atom stereocenters. The van der Waals surface area contributed by atoms with E-state index < -0.39 is 10.8 Å². The number of nitrogens with zero attached hydrogens (tertiary/aromatic N) is 2. The van der Waals surface area contributed by atoms with Gasteiger partial charge in [-0.05, 0) is 41.5 Å². The highest BCUT2D eigenvalue weighted by Crippen LogP contribution is 2.42. The molecule has 2 unspecified atom stereocenters. The predicted molar refractivity (Wildman–Crippen MR) is 66.3 cm³/mol. The van der Waals surface area contributed by atoms with Crippen molar-refractivity contribution in [3.05, 3.63) is 23.3 Å². The summed E-state index contributed by atoms with van der Waals surface area (Å²) >= 11 is 0. The van der Waals surface area contributed by atoms with Crippen LogP contribution in [0.2, 0.25) is 0 Å². The first-order valence-electron chi connectivity index (χ1n) is 5.35. The van der Waals surface area contributed by atoms with Crippen molar-refractivity contribution in [2.45, 2.75) is 41.5 Å². The predicted octanol–water partition coefficient (Wildman–Crippen LogP) is 3.98. The lowest BCUT2D eigenvalue weighted by atomic mass is 9.66. The molecule has 0 aliphatic rings. The Labute approximate surface area is 98.9 Å². The topological polar surface area (TPSA) is 47.6 Å². The molecule has 0 spiro atoms. The quantitative estimate of drug-likeness (QED) is 0.670. The fraction of sp³-hybridized carbons (Fsp3) is 0.571. The van der Waals surface area contributed by atoms with Gasteiger partial charge in [0.2, 0.25) is 0 Å². The van der Waals surface area contributed by atoms with Crippen molar-refractivity contribution < 1.29 is 0 Å². The normalized spacial score (nSPS) is 17.0. The highest BCUT2D eigenvalue weighted by Gasteiger charge is 2.42. The van der Waals surface area contributed by atoms with Crippen molar-refractivity contribution in [3.63, 3.8) is 0 Å². The van der Waals surface area contributed by atoms with Gasteiger partial charge in [0, 0.05) is 0 Å². The molecule has 2 heteroatoms. The second-order valence-electron chi connectivity index (χ2n) is 5.07. The van der Waals surface area contributed by atoms with E-state index in [0.717, 1.165) is 11.1 Å². The summed E-state index contributed by atoms with van der Waals surface area (Å²) in [4.78, 5) is 0. The highest BCUT2D eigenvalue weighted by molar-refractivity contribution is 5.31. The van der Waals surface area contributed by atoms with Gasteiger partial charge in [0.25, 0.3) is 0 Å². The lowest BCUT2D eigenvalue weighted by molar-refractivity contribution is 0.334. The second kappa shape index (κ2) is 4.99. The minimum atomic E-state index is -0.794. The van der Waals surface area contributed by atoms with E-state index in [-0.39, 0.29) is 0 Å². The standard InChI is InChI=1S/C14H20N2/c1-11(2)7-13(5,9-15)14(6,10-16)8-12(3)4/h7-8H,1-6H3. The number of allylic oxidation sites excluding steroid dienone is 4. The molecular formula is C14H20N2. The summed E-state index contributed by atoms with van der Waals surface area (Å²) in [5.74, 6) is 0. The van der Waals surface area contributed by atoms with Crippen LogP contribution in [0.4, 0.5) is 0 Å². The van der Waals surface area contributed by atoms with Gasteiger partial charge in [-0.3, -0.25) is 0 Å². The average Bonchev–Trinajstić information content (AvgIpc) is 2.15. The number of hydrogen-bond donors (Lipinski definition) is 0. The smallest absolute Gasteiger partial charge is 0.0946 e. The van der Waals surface area contributed by atoms with Crippen LogP contribution in [0, 0.1) is 33.5 Å². The maximum Gasteiger partial charge on any atom is 0.0946 e. The lowest BCUT2D eigenvalue weighted by Crippen LogP contribution is -2.32. The van der Waals surface area contributed by atoms with E-state index in [0.29, 0.717) is 0 Å². The summed E-state index contributed by atoms with van der Waals surface area (Å²) in [5.41, 5.74) is 0.510. The van der Waals surface area contributed by atoms with Crippen LogP contribution in [0.5, 0.6) is 0 Å². The van der Waals surface area contributed by atoms with Crippen molar-refractivity contribution in [1.29, 1.82) is 10.5 Å². The van der Waals surface area contributed by atoms with Gasteiger partial charge >= 0.3 is 0 Å². The maximum absolute atomic E-state index is 9.34. The Morgan fingerprint density at radius 2 is 1.06 bits per heavy atom. The molecule has 0 fully saturated rings. The van der Waals surface area contributed by atoms with Crippen molar-refractivity contribution in [2.75, 3.05) is 0 Å². The van der Waals surface area contributed by atoms with E-state index >= 15 is 0 Å². The summed E-state index contributed by atoms with van der Waals surface area (Å²) < 4.78 is 0. The molecular weight excluding hydrogens is 196 g/mol. The Bertz CT molecular complexity index is 355. The first kappa shape index (κ1) is 14.5. The summed E-state index contributed by atoms with van der Waals surface area (Å²) in [6.07, 6.45) is 3.74. The summed E-state index contributed by atoms with van der Waals surface area (Å²) in [6, 6.07) is 4.53. The molecule has 0 amide bonds. The third kappa shape index (κ3) is 2.97. The Hall–Kier alpha value is -1.54. The van der Waals surface area contributed by atoms with Gasteiger partial charge in [-0.25, -0.2) is 0 Å². The zero-order chi connectivity index (χ0) is 13.0. The zero-order valence-electron chi connectivity index (χ0n) is 11.0. The maximum atomic E-state index is 9.34. The first-order valence-corrected chi connectivity index (χ1v) is 5.35. The fourth-order valence-electron chi connectivity index (χ4n) is 1.75. The van der Waals surface area contributed by atoms with Gasteiger partial charge in [0.15, 0.2) is 0 Å². The Balaban J connectivity index is 5.74. The van der Waals surface area contributed by atoms with E-state index in [1.165, 1.54) is 0 Å². The van der Waals surface area contributed by atoms with Gasteiger partial charge in [0.1, 0.15) is 0 Å². The minimum Gasteiger partial charge on any atom is -0.197 e. The Kier molecular flexibility index (Phi) is 4.51. The van der Waals surface area contributed by atoms with Crippen molar-refractivity contribution in [3.8, 4) is 12.1 Å². The average molecular weight is 216 g/mol. The third-order valence-corrected chi connectivity index (χ3v) is 2.70. The van der Waals surface area contributed by atoms with Gasteiger partial charge in [0.05, 0.1) is 23.0 Å². The summed E-state index contributed by atoms with van der Waals surface area (Å²) in [6.45, 7) is 11.4. The molecule has 86 valence electrons. The lowest BCUT2D eigenvalue weighted by Gasteiger charge is -2.32. The minimum absolute atomic E-state index is 0.794. The number of nitriles is 2. The molecule has 0 saturated carbocycles. The molecule has 0 heterocycles. The van der Waals surface area contributed by atoms with Crippen LogP contribution in [-0.4, -0.2) is 0 Å². The molecule has 0 rings (SSSR count). The molecule has 0 aromatic carbocycles. The molecule has 0 N–H and O–H groups in total. The fourth-order valence-corrected chi connectivity index (χ4v) is 1.75. The first-order chi connectivity index (χ1) is 7.20. The van der Waals surface area contributed by atoms with Crippen LogP contribution in [0.15, 0.2) is 23.3 Å². The third-order valence-electron chi connectivity index (χ3n) is 2.70. The van der Waals surface area contributed by atoms with E-state index in [2.05, 4.69) is 12.1 Å². The Morgan fingerprint density at radius 3 is 1.19 bits per heavy atom. The van der Waals surface area contributed by atoms with Crippen molar-refractivity contribution >= 4 is 0 Å². The van der Waals surface area contributed by atoms with Crippen LogP contribution in [-0.2, 0) is 0 Å². The molecule has 2 nitrogen and oxygen atoms in total. The molecule has 0 radical (unpaired) electrons. The second-order valence-corrected chi connectivity index (χ2v) is 5.07. The van der Waals surface area contributed by atoms with Crippen molar-refractivity contribution in [1.82, 2.24) is 0 Å². The molecule has 0 bridgehead atoms. The van der Waals surface area contributed by atoms with E-state index in [4.69, 9.17) is 0 Å². The molecule has 16 heavy (non-hydrogen) atoms. The summed E-state index contributed by atoms with van der Waals surface area (Å²) in [7, 11) is 0. The number of rotatable bonds is 3. The van der Waals surface area contributed by atoms with Crippen LogP contribution < -0.4 is 0 Å². The number of hydrogen-bond acceptors (Lipinski definition) is 2.